The minimum absolute atomic E-state index is 0.0578. The quantitative estimate of drug-likeness (QED) is 0.580. The number of methoxy groups -OCH3 is 1. The number of hydrogen-bond donors (Lipinski definition) is 0. The van der Waals surface area contributed by atoms with Crippen molar-refractivity contribution in [1.29, 1.82) is 0 Å². The highest BCUT2D eigenvalue weighted by Gasteiger charge is 2.37. The fourth-order valence-corrected chi connectivity index (χ4v) is 3.05. The van der Waals surface area contributed by atoms with Crippen molar-refractivity contribution in [3.05, 3.63) is 60.2 Å². The van der Waals surface area contributed by atoms with Crippen LogP contribution in [0, 0.1) is 5.92 Å². The lowest BCUT2D eigenvalue weighted by Gasteiger charge is -2.18. The van der Waals surface area contributed by atoms with Crippen molar-refractivity contribution >= 4 is 23.3 Å². The van der Waals surface area contributed by atoms with Crippen LogP contribution in [0.4, 0.5) is 5.69 Å². The van der Waals surface area contributed by atoms with Gasteiger partial charge in [0, 0.05) is 30.3 Å². The molecule has 0 aliphatic carbocycles. The van der Waals surface area contributed by atoms with Gasteiger partial charge in [0.25, 0.3) is 0 Å². The minimum Gasteiger partial charge on any atom is -0.497 e. The molecule has 1 amide bonds. The van der Waals surface area contributed by atoms with E-state index in [4.69, 9.17) is 9.47 Å². The molecule has 2 atom stereocenters. The summed E-state index contributed by atoms with van der Waals surface area (Å²) in [5.41, 5.74) is 1.15. The number of ketones is 1. The molecule has 27 heavy (non-hydrogen) atoms. The Labute approximate surface area is 157 Å². The van der Waals surface area contributed by atoms with E-state index in [1.54, 1.807) is 62.6 Å². The second-order valence-electron chi connectivity index (χ2n) is 6.42. The normalized spacial score (nSPS) is 17.5. The van der Waals surface area contributed by atoms with Crippen molar-refractivity contribution in [1.82, 2.24) is 0 Å². The summed E-state index contributed by atoms with van der Waals surface area (Å²) in [6, 6.07) is 15.8. The summed E-state index contributed by atoms with van der Waals surface area (Å²) in [6.07, 6.45) is -0.844. The molecule has 2 aromatic carbocycles. The number of esters is 1. The van der Waals surface area contributed by atoms with E-state index in [-0.39, 0.29) is 24.7 Å². The number of carbonyl (C=O) groups excluding carboxylic acids is 3. The van der Waals surface area contributed by atoms with Crippen molar-refractivity contribution in [2.24, 2.45) is 5.92 Å². The third-order valence-corrected chi connectivity index (χ3v) is 4.54. The van der Waals surface area contributed by atoms with E-state index in [0.717, 1.165) is 0 Å². The number of ether oxygens (including phenoxy) is 2. The average Bonchev–Trinajstić information content (AvgIpc) is 3.10. The first-order valence-electron chi connectivity index (χ1n) is 8.73. The van der Waals surface area contributed by atoms with Crippen LogP contribution in [0.1, 0.15) is 23.7 Å². The zero-order chi connectivity index (χ0) is 19.4. The van der Waals surface area contributed by atoms with Crippen LogP contribution in [0.25, 0.3) is 0 Å². The molecule has 6 nitrogen and oxygen atoms in total. The molecule has 0 bridgehead atoms. The standard InChI is InChI=1S/C21H21NO5/c1-14(20(24)15-7-4-3-5-8-15)27-21(25)16-11-19(23)22(13-16)17-9-6-10-18(12-17)26-2/h3-10,12,14,16H,11,13H2,1-2H3/t14-,16-/m1/s1. The van der Waals surface area contributed by atoms with Gasteiger partial charge in [-0.15, -0.1) is 0 Å². The second kappa shape index (κ2) is 8.03. The van der Waals surface area contributed by atoms with Gasteiger partial charge in [0.1, 0.15) is 5.75 Å². The molecule has 140 valence electrons. The van der Waals surface area contributed by atoms with Crippen LogP contribution < -0.4 is 9.64 Å². The SMILES string of the molecule is COc1cccc(N2C[C@H](C(=O)O[C@H](C)C(=O)c3ccccc3)CC2=O)c1. The van der Waals surface area contributed by atoms with E-state index in [9.17, 15) is 14.4 Å². The number of amides is 1. The molecule has 1 aliphatic heterocycles. The van der Waals surface area contributed by atoms with Crippen LogP contribution in [0.15, 0.2) is 54.6 Å². The molecule has 1 saturated heterocycles. The van der Waals surface area contributed by atoms with Crippen molar-refractivity contribution < 1.29 is 23.9 Å². The Kier molecular flexibility index (Phi) is 5.54. The molecule has 3 rings (SSSR count). The van der Waals surface area contributed by atoms with Crippen LogP contribution >= 0.6 is 0 Å². The van der Waals surface area contributed by atoms with Gasteiger partial charge in [-0.3, -0.25) is 14.4 Å². The molecule has 0 aromatic heterocycles. The number of hydrogen-bond acceptors (Lipinski definition) is 5. The minimum atomic E-state index is -0.902. The number of rotatable bonds is 6. The van der Waals surface area contributed by atoms with E-state index < -0.39 is 18.0 Å². The Bertz CT molecular complexity index is 849. The van der Waals surface area contributed by atoms with Crippen molar-refractivity contribution in [3.63, 3.8) is 0 Å². The molecule has 1 aliphatic rings. The largest absolute Gasteiger partial charge is 0.497 e. The van der Waals surface area contributed by atoms with Gasteiger partial charge in [-0.2, -0.15) is 0 Å². The smallest absolute Gasteiger partial charge is 0.312 e. The van der Waals surface area contributed by atoms with Gasteiger partial charge in [-0.05, 0) is 19.1 Å². The predicted molar refractivity (Wildman–Crippen MR) is 99.8 cm³/mol. The van der Waals surface area contributed by atoms with Crippen LogP contribution in [0.5, 0.6) is 5.75 Å². The third kappa shape index (κ3) is 4.16. The number of anilines is 1. The third-order valence-electron chi connectivity index (χ3n) is 4.54. The summed E-state index contributed by atoms with van der Waals surface area (Å²) in [5.74, 6) is -0.932. The summed E-state index contributed by atoms with van der Waals surface area (Å²) in [7, 11) is 1.55. The molecule has 0 N–H and O–H groups in total. The first kappa shape index (κ1) is 18.6. The van der Waals surface area contributed by atoms with Crippen molar-refractivity contribution in [3.8, 4) is 5.75 Å². The van der Waals surface area contributed by atoms with E-state index in [1.807, 2.05) is 6.07 Å². The lowest BCUT2D eigenvalue weighted by Crippen LogP contribution is -2.30. The Hall–Kier alpha value is -3.15. The van der Waals surface area contributed by atoms with Gasteiger partial charge in [0.2, 0.25) is 11.7 Å². The molecule has 0 radical (unpaired) electrons. The van der Waals surface area contributed by atoms with Gasteiger partial charge < -0.3 is 14.4 Å². The van der Waals surface area contributed by atoms with Gasteiger partial charge in [0.15, 0.2) is 6.10 Å². The highest BCUT2D eigenvalue weighted by atomic mass is 16.5. The molecule has 0 unspecified atom stereocenters. The molecular weight excluding hydrogens is 346 g/mol. The molecule has 1 heterocycles. The fourth-order valence-electron chi connectivity index (χ4n) is 3.05. The highest BCUT2D eigenvalue weighted by Crippen LogP contribution is 2.28. The lowest BCUT2D eigenvalue weighted by atomic mass is 10.1. The zero-order valence-electron chi connectivity index (χ0n) is 15.3. The van der Waals surface area contributed by atoms with Crippen molar-refractivity contribution in [2.45, 2.75) is 19.4 Å². The van der Waals surface area contributed by atoms with E-state index in [1.165, 1.54) is 4.90 Å². The maximum absolute atomic E-state index is 12.5. The highest BCUT2D eigenvalue weighted by molar-refractivity contribution is 6.02. The van der Waals surface area contributed by atoms with E-state index in [2.05, 4.69) is 0 Å². The lowest BCUT2D eigenvalue weighted by molar-refractivity contribution is -0.151. The first-order chi connectivity index (χ1) is 13.0. The summed E-state index contributed by atoms with van der Waals surface area (Å²) in [4.78, 5) is 38.7. The maximum atomic E-state index is 12.5. The molecule has 0 spiro atoms. The van der Waals surface area contributed by atoms with Crippen LogP contribution in [-0.2, 0) is 14.3 Å². The summed E-state index contributed by atoms with van der Waals surface area (Å²) in [5, 5.41) is 0. The predicted octanol–water partition coefficient (Wildman–Crippen LogP) is 2.86. The molecule has 0 saturated carbocycles. The molecular formula is C21H21NO5. The average molecular weight is 367 g/mol. The van der Waals surface area contributed by atoms with Crippen LogP contribution in [0.2, 0.25) is 0 Å². The van der Waals surface area contributed by atoms with Crippen LogP contribution in [0.3, 0.4) is 0 Å². The number of nitrogens with zero attached hydrogens (tertiary/aromatic N) is 1. The summed E-state index contributed by atoms with van der Waals surface area (Å²) < 4.78 is 10.5. The van der Waals surface area contributed by atoms with Gasteiger partial charge in [-0.1, -0.05) is 36.4 Å². The monoisotopic (exact) mass is 367 g/mol. The second-order valence-corrected chi connectivity index (χ2v) is 6.42. The summed E-state index contributed by atoms with van der Waals surface area (Å²) in [6.45, 7) is 1.76. The molecule has 2 aromatic rings. The number of carbonyl (C=O) groups is 3. The topological polar surface area (TPSA) is 72.9 Å². The number of Topliss-reactive ketones (excluding diaryl/α,β-unsaturated/α-hetero) is 1. The van der Waals surface area contributed by atoms with Crippen molar-refractivity contribution in [2.75, 3.05) is 18.6 Å². The fraction of sp³-hybridized carbons (Fsp3) is 0.286. The van der Waals surface area contributed by atoms with Gasteiger partial charge in [0.05, 0.1) is 13.0 Å². The molecule has 6 heteroatoms. The van der Waals surface area contributed by atoms with Gasteiger partial charge >= 0.3 is 5.97 Å². The van der Waals surface area contributed by atoms with E-state index >= 15 is 0 Å². The van der Waals surface area contributed by atoms with Crippen LogP contribution in [-0.4, -0.2) is 37.4 Å². The van der Waals surface area contributed by atoms with E-state index in [0.29, 0.717) is 17.0 Å². The Morgan fingerprint density at radius 2 is 1.85 bits per heavy atom. The Morgan fingerprint density at radius 1 is 1.11 bits per heavy atom. The maximum Gasteiger partial charge on any atom is 0.312 e. The zero-order valence-corrected chi connectivity index (χ0v) is 15.3. The Balaban J connectivity index is 1.64. The molecule has 1 fully saturated rings. The van der Waals surface area contributed by atoms with Gasteiger partial charge in [-0.25, -0.2) is 0 Å². The summed E-state index contributed by atoms with van der Waals surface area (Å²) >= 11 is 0. The Morgan fingerprint density at radius 3 is 2.56 bits per heavy atom. The number of benzene rings is 2. The first-order valence-corrected chi connectivity index (χ1v) is 8.73.